The van der Waals surface area contributed by atoms with Crippen molar-refractivity contribution in [1.29, 1.82) is 0 Å². The van der Waals surface area contributed by atoms with Crippen molar-refractivity contribution in [3.05, 3.63) is 35.9 Å². The zero-order valence-electron chi connectivity index (χ0n) is 15.9. The predicted octanol–water partition coefficient (Wildman–Crippen LogP) is 2.59. The van der Waals surface area contributed by atoms with Gasteiger partial charge < -0.3 is 10.6 Å². The van der Waals surface area contributed by atoms with Crippen LogP contribution in [0.3, 0.4) is 0 Å². The Balaban J connectivity index is 0.00000338. The minimum atomic E-state index is -0.858. The fraction of sp³-hybridized carbons (Fsp3) is 0.632. The lowest BCUT2D eigenvalue weighted by Gasteiger charge is -2.21. The Hall–Kier alpha value is -0.670. The van der Waals surface area contributed by atoms with Gasteiger partial charge in [0.25, 0.3) is 0 Å². The van der Waals surface area contributed by atoms with Crippen LogP contribution in [0.25, 0.3) is 0 Å². The van der Waals surface area contributed by atoms with E-state index in [1.807, 2.05) is 30.3 Å². The maximum atomic E-state index is 12.2. The van der Waals surface area contributed by atoms with Gasteiger partial charge in [0.05, 0.1) is 6.54 Å². The second-order valence-corrected chi connectivity index (χ2v) is 7.92. The standard InChI is InChI=1S/C19H32N4OS.HI/c1-3-20-19(22-15-18-11-8-13-23(18)4-2)21-12-14-25(24)16-17-9-6-5-7-10-17;/h5-7,9-10,18H,3-4,8,11-16H2,1-2H3,(H2,20,21,22);1H. The highest BCUT2D eigenvalue weighted by Crippen LogP contribution is 2.16. The minimum Gasteiger partial charge on any atom is -0.357 e. The summed E-state index contributed by atoms with van der Waals surface area (Å²) in [5.41, 5.74) is 1.13. The van der Waals surface area contributed by atoms with Gasteiger partial charge in [-0.05, 0) is 38.4 Å². The van der Waals surface area contributed by atoms with E-state index in [1.54, 1.807) is 0 Å². The summed E-state index contributed by atoms with van der Waals surface area (Å²) >= 11 is 0. The van der Waals surface area contributed by atoms with Gasteiger partial charge in [-0.25, -0.2) is 0 Å². The number of likely N-dealkylation sites (tertiary alicyclic amines) is 1. The Morgan fingerprint density at radius 2 is 2.04 bits per heavy atom. The maximum absolute atomic E-state index is 12.2. The van der Waals surface area contributed by atoms with Crippen LogP contribution in [-0.4, -0.2) is 59.6 Å². The van der Waals surface area contributed by atoms with E-state index in [-0.39, 0.29) is 24.0 Å². The van der Waals surface area contributed by atoms with Crippen LogP contribution in [0.15, 0.2) is 35.3 Å². The number of nitrogens with zero attached hydrogens (tertiary/aromatic N) is 2. The molecule has 0 aromatic heterocycles. The van der Waals surface area contributed by atoms with Crippen molar-refractivity contribution < 1.29 is 4.21 Å². The summed E-state index contributed by atoms with van der Waals surface area (Å²) in [7, 11) is -0.858. The van der Waals surface area contributed by atoms with Gasteiger partial charge in [0.1, 0.15) is 0 Å². The quantitative estimate of drug-likeness (QED) is 0.316. The Morgan fingerprint density at radius 3 is 2.73 bits per heavy atom. The fourth-order valence-corrected chi connectivity index (χ4v) is 4.21. The van der Waals surface area contributed by atoms with Gasteiger partial charge in [0.2, 0.25) is 0 Å². The van der Waals surface area contributed by atoms with Crippen LogP contribution in [0.2, 0.25) is 0 Å². The van der Waals surface area contributed by atoms with Crippen molar-refractivity contribution in [2.24, 2.45) is 4.99 Å². The number of aliphatic imine (C=N–C) groups is 1. The molecular weight excluding hydrogens is 459 g/mol. The number of rotatable bonds is 9. The van der Waals surface area contributed by atoms with Crippen LogP contribution in [0.5, 0.6) is 0 Å². The average molecular weight is 492 g/mol. The predicted molar refractivity (Wildman–Crippen MR) is 123 cm³/mol. The number of hydrogen-bond acceptors (Lipinski definition) is 3. The molecule has 2 rings (SSSR count). The third-order valence-corrected chi connectivity index (χ3v) is 5.82. The van der Waals surface area contributed by atoms with Crippen molar-refractivity contribution in [3.8, 4) is 0 Å². The van der Waals surface area contributed by atoms with Crippen LogP contribution >= 0.6 is 24.0 Å². The molecule has 26 heavy (non-hydrogen) atoms. The van der Waals surface area contributed by atoms with Gasteiger partial charge in [-0.2, -0.15) is 0 Å². The second-order valence-electron chi connectivity index (χ2n) is 6.34. The van der Waals surface area contributed by atoms with E-state index in [0.717, 1.165) is 31.2 Å². The average Bonchev–Trinajstić information content (AvgIpc) is 3.08. The van der Waals surface area contributed by atoms with Crippen molar-refractivity contribution in [3.63, 3.8) is 0 Å². The normalized spacial score (nSPS) is 19.0. The molecule has 1 aromatic rings. The molecule has 0 radical (unpaired) electrons. The van der Waals surface area contributed by atoms with Gasteiger partial charge >= 0.3 is 0 Å². The molecule has 2 N–H and O–H groups in total. The van der Waals surface area contributed by atoms with E-state index in [4.69, 9.17) is 4.99 Å². The topological polar surface area (TPSA) is 56.7 Å². The van der Waals surface area contributed by atoms with Crippen molar-refractivity contribution in [2.45, 2.75) is 38.5 Å². The number of halogens is 1. The summed E-state index contributed by atoms with van der Waals surface area (Å²) in [6.45, 7) is 8.92. The molecule has 148 valence electrons. The van der Waals surface area contributed by atoms with Gasteiger partial charge in [-0.1, -0.05) is 37.3 Å². The lowest BCUT2D eigenvalue weighted by atomic mass is 10.2. The van der Waals surface area contributed by atoms with E-state index < -0.39 is 10.8 Å². The molecule has 0 bridgehead atoms. The van der Waals surface area contributed by atoms with Crippen LogP contribution in [-0.2, 0) is 16.6 Å². The number of benzene rings is 1. The third kappa shape index (κ3) is 8.35. The van der Waals surface area contributed by atoms with E-state index in [9.17, 15) is 4.21 Å². The molecule has 0 spiro atoms. The molecule has 0 saturated carbocycles. The van der Waals surface area contributed by atoms with E-state index >= 15 is 0 Å². The number of nitrogens with one attached hydrogen (secondary N) is 2. The van der Waals surface area contributed by atoms with Crippen LogP contribution in [0, 0.1) is 0 Å². The first-order chi connectivity index (χ1) is 12.2. The molecule has 0 amide bonds. The Bertz CT molecular complexity index is 556. The SMILES string of the molecule is CCNC(=NCC1CCCN1CC)NCCS(=O)Cc1ccccc1.I. The molecule has 2 atom stereocenters. The number of hydrogen-bond donors (Lipinski definition) is 2. The molecule has 1 fully saturated rings. The molecule has 1 aromatic carbocycles. The lowest BCUT2D eigenvalue weighted by Crippen LogP contribution is -2.40. The van der Waals surface area contributed by atoms with Crippen LogP contribution < -0.4 is 10.6 Å². The van der Waals surface area contributed by atoms with Crippen LogP contribution in [0.1, 0.15) is 32.3 Å². The summed E-state index contributed by atoms with van der Waals surface area (Å²) in [6, 6.07) is 10.6. The summed E-state index contributed by atoms with van der Waals surface area (Å²) < 4.78 is 12.2. The molecule has 7 heteroatoms. The Labute approximate surface area is 177 Å². The molecule has 5 nitrogen and oxygen atoms in total. The summed E-state index contributed by atoms with van der Waals surface area (Å²) in [4.78, 5) is 7.23. The van der Waals surface area contributed by atoms with Crippen molar-refractivity contribution >= 4 is 40.7 Å². The Kier molecular flexibility index (Phi) is 12.1. The number of guanidine groups is 1. The zero-order valence-corrected chi connectivity index (χ0v) is 19.1. The van der Waals surface area contributed by atoms with Gasteiger partial charge in [-0.15, -0.1) is 24.0 Å². The van der Waals surface area contributed by atoms with E-state index in [0.29, 0.717) is 24.1 Å². The highest BCUT2D eigenvalue weighted by molar-refractivity contribution is 14.0. The minimum absolute atomic E-state index is 0. The highest BCUT2D eigenvalue weighted by atomic mass is 127. The van der Waals surface area contributed by atoms with Crippen molar-refractivity contribution in [1.82, 2.24) is 15.5 Å². The summed E-state index contributed by atoms with van der Waals surface area (Å²) in [5.74, 6) is 2.08. The highest BCUT2D eigenvalue weighted by Gasteiger charge is 2.22. The van der Waals surface area contributed by atoms with E-state index in [1.165, 1.54) is 19.4 Å². The molecule has 1 heterocycles. The largest absolute Gasteiger partial charge is 0.357 e. The number of likely N-dealkylation sites (N-methyl/N-ethyl adjacent to an activating group) is 1. The summed E-state index contributed by atoms with van der Waals surface area (Å²) in [6.07, 6.45) is 2.51. The monoisotopic (exact) mass is 492 g/mol. The smallest absolute Gasteiger partial charge is 0.191 e. The molecule has 1 aliphatic heterocycles. The molecular formula is C19H33IN4OS. The lowest BCUT2D eigenvalue weighted by molar-refractivity contribution is 0.273. The van der Waals surface area contributed by atoms with Gasteiger partial charge in [0, 0.05) is 41.4 Å². The molecule has 1 saturated heterocycles. The van der Waals surface area contributed by atoms with E-state index in [2.05, 4.69) is 29.4 Å². The second kappa shape index (κ2) is 13.5. The van der Waals surface area contributed by atoms with Gasteiger partial charge in [0.15, 0.2) is 5.96 Å². The first-order valence-corrected chi connectivity index (χ1v) is 10.9. The van der Waals surface area contributed by atoms with Gasteiger partial charge in [-0.3, -0.25) is 14.1 Å². The third-order valence-electron chi connectivity index (χ3n) is 4.50. The first-order valence-electron chi connectivity index (χ1n) is 9.38. The molecule has 1 aliphatic rings. The summed E-state index contributed by atoms with van der Waals surface area (Å²) in [5, 5.41) is 6.61. The molecule has 2 unspecified atom stereocenters. The zero-order chi connectivity index (χ0) is 17.9. The fourth-order valence-electron chi connectivity index (χ4n) is 3.17. The Morgan fingerprint density at radius 1 is 1.27 bits per heavy atom. The van der Waals surface area contributed by atoms with Crippen LogP contribution in [0.4, 0.5) is 0 Å². The maximum Gasteiger partial charge on any atom is 0.191 e. The first kappa shape index (κ1) is 23.4. The van der Waals surface area contributed by atoms with Crippen molar-refractivity contribution in [2.75, 3.05) is 38.5 Å². The molecule has 0 aliphatic carbocycles.